The van der Waals surface area contributed by atoms with E-state index in [1.54, 1.807) is 12.3 Å². The number of aromatic nitrogens is 1. The molecule has 7 nitrogen and oxygen atoms in total. The largest absolute Gasteiger partial charge is 0.381 e. The molecule has 0 saturated carbocycles. The van der Waals surface area contributed by atoms with Crippen molar-refractivity contribution in [3.63, 3.8) is 0 Å². The third-order valence-electron chi connectivity index (χ3n) is 5.91. The summed E-state index contributed by atoms with van der Waals surface area (Å²) in [6.45, 7) is 1.04. The molecule has 2 aliphatic heterocycles. The minimum atomic E-state index is -0.446. The number of terminal acetylenes is 1. The van der Waals surface area contributed by atoms with Crippen molar-refractivity contribution in [2.45, 2.75) is 24.3 Å². The number of carbonyl (C=O) groups is 2. The van der Waals surface area contributed by atoms with E-state index in [4.69, 9.17) is 16.4 Å². The van der Waals surface area contributed by atoms with Gasteiger partial charge in [0.2, 0.25) is 5.91 Å². The van der Waals surface area contributed by atoms with Gasteiger partial charge in [0.1, 0.15) is 6.04 Å². The van der Waals surface area contributed by atoms with Crippen LogP contribution in [0.3, 0.4) is 0 Å². The fourth-order valence-electron chi connectivity index (χ4n) is 4.03. The second kappa shape index (κ2) is 8.97. The third kappa shape index (κ3) is 4.10. The van der Waals surface area contributed by atoms with Gasteiger partial charge in [0.05, 0.1) is 35.0 Å². The molecule has 0 radical (unpaired) electrons. The number of benzene rings is 1. The van der Waals surface area contributed by atoms with Crippen molar-refractivity contribution in [3.8, 4) is 18.4 Å². The smallest absolute Gasteiger partial charge is 0.252 e. The lowest BCUT2D eigenvalue weighted by atomic mass is 9.74. The van der Waals surface area contributed by atoms with Gasteiger partial charge in [0.15, 0.2) is 0 Å². The second-order valence-corrected chi connectivity index (χ2v) is 8.62. The maximum absolute atomic E-state index is 12.9. The first-order valence-electron chi connectivity index (χ1n) is 10.1. The molecular formula is C23H22N4O3S. The molecule has 0 bridgehead atoms. The van der Waals surface area contributed by atoms with E-state index >= 15 is 0 Å². The number of thioether (sulfide) groups is 1. The second-order valence-electron chi connectivity index (χ2n) is 7.62. The van der Waals surface area contributed by atoms with Gasteiger partial charge < -0.3 is 15.0 Å². The Bertz CT molecular complexity index is 1100. The Labute approximate surface area is 185 Å². The molecule has 3 heterocycles. The number of amides is 2. The van der Waals surface area contributed by atoms with Gasteiger partial charge in [0, 0.05) is 30.5 Å². The van der Waals surface area contributed by atoms with Gasteiger partial charge in [-0.2, -0.15) is 5.26 Å². The average Bonchev–Trinajstić information content (AvgIpc) is 3.31. The Morgan fingerprint density at radius 3 is 2.90 bits per heavy atom. The monoisotopic (exact) mass is 434 g/mol. The Morgan fingerprint density at radius 1 is 1.35 bits per heavy atom. The summed E-state index contributed by atoms with van der Waals surface area (Å²) in [5, 5.41) is 12.6. The van der Waals surface area contributed by atoms with Crippen LogP contribution in [-0.4, -0.2) is 59.1 Å². The molecule has 1 aromatic heterocycles. The van der Waals surface area contributed by atoms with Crippen LogP contribution in [0.2, 0.25) is 0 Å². The number of carbonyl (C=O) groups excluding carboxylic acids is 2. The quantitative estimate of drug-likeness (QED) is 0.741. The summed E-state index contributed by atoms with van der Waals surface area (Å²) in [6, 6.07) is 9.10. The Hall–Kier alpha value is -3.07. The number of rotatable bonds is 4. The highest BCUT2D eigenvalue weighted by atomic mass is 32.2. The summed E-state index contributed by atoms with van der Waals surface area (Å²) >= 11 is 1.53. The van der Waals surface area contributed by atoms with Gasteiger partial charge in [-0.1, -0.05) is 12.0 Å². The molecule has 2 saturated heterocycles. The lowest BCUT2D eigenvalue weighted by Gasteiger charge is -2.33. The molecule has 1 N–H and O–H groups in total. The molecule has 158 valence electrons. The number of hydrogen-bond donors (Lipinski definition) is 1. The summed E-state index contributed by atoms with van der Waals surface area (Å²) < 4.78 is 5.48. The van der Waals surface area contributed by atoms with Gasteiger partial charge in [0.25, 0.3) is 5.91 Å². The number of ether oxygens (including phenoxy) is 1. The first-order chi connectivity index (χ1) is 15.1. The lowest BCUT2D eigenvalue weighted by Crippen LogP contribution is -2.42. The first kappa shape index (κ1) is 21.2. The molecule has 1 atom stereocenters. The van der Waals surface area contributed by atoms with E-state index in [1.165, 1.54) is 16.7 Å². The maximum atomic E-state index is 12.9. The van der Waals surface area contributed by atoms with Crippen LogP contribution in [-0.2, 0) is 14.9 Å². The number of pyridine rings is 1. The van der Waals surface area contributed by atoms with Crippen LogP contribution in [0.5, 0.6) is 0 Å². The van der Waals surface area contributed by atoms with Crippen LogP contribution in [0.15, 0.2) is 30.5 Å². The van der Waals surface area contributed by atoms with E-state index in [0.717, 1.165) is 18.4 Å². The SMILES string of the molecule is C#CC1(c2ccc3nccc(C(=O)NCC(=O)N4CSCC4C#N)c3c2)CCOCC1. The van der Waals surface area contributed by atoms with Crippen molar-refractivity contribution in [1.82, 2.24) is 15.2 Å². The van der Waals surface area contributed by atoms with E-state index in [2.05, 4.69) is 22.3 Å². The first-order valence-corrected chi connectivity index (χ1v) is 11.2. The molecule has 2 fully saturated rings. The highest BCUT2D eigenvalue weighted by Gasteiger charge is 2.33. The summed E-state index contributed by atoms with van der Waals surface area (Å²) in [5.74, 6) is 3.38. The number of hydrogen-bond acceptors (Lipinski definition) is 6. The summed E-state index contributed by atoms with van der Waals surface area (Å²) in [6.07, 6.45) is 8.93. The molecule has 4 rings (SSSR count). The Morgan fingerprint density at radius 2 is 2.16 bits per heavy atom. The van der Waals surface area contributed by atoms with Gasteiger partial charge >= 0.3 is 0 Å². The van der Waals surface area contributed by atoms with Crippen molar-refractivity contribution in [1.29, 1.82) is 5.26 Å². The van der Waals surface area contributed by atoms with E-state index in [1.807, 2.05) is 18.2 Å². The standard InChI is InChI=1S/C23H22N4O3S/c1-2-23(6-9-30-10-7-23)16-3-4-20-19(11-16)18(5-8-25-20)22(29)26-13-21(28)27-15-31-14-17(27)12-24/h1,3-5,8,11,17H,6-7,9-10,13-15H2,(H,26,29). The van der Waals surface area contributed by atoms with Gasteiger partial charge in [-0.25, -0.2) is 0 Å². The van der Waals surface area contributed by atoms with E-state index in [9.17, 15) is 9.59 Å². The fourth-order valence-corrected chi connectivity index (χ4v) is 5.13. The normalized spacial score (nSPS) is 20.1. The topological polar surface area (TPSA) is 95.3 Å². The van der Waals surface area contributed by atoms with Crippen LogP contribution < -0.4 is 5.32 Å². The zero-order valence-corrected chi connectivity index (χ0v) is 17.8. The van der Waals surface area contributed by atoms with Crippen LogP contribution in [0.25, 0.3) is 10.9 Å². The Balaban J connectivity index is 1.57. The minimum Gasteiger partial charge on any atom is -0.381 e. The molecule has 0 spiro atoms. The van der Waals surface area contributed by atoms with Gasteiger partial charge in [-0.15, -0.1) is 18.2 Å². The van der Waals surface area contributed by atoms with Crippen molar-refractivity contribution >= 4 is 34.5 Å². The molecule has 1 unspecified atom stereocenters. The van der Waals surface area contributed by atoms with Gasteiger partial charge in [-0.3, -0.25) is 14.6 Å². The van der Waals surface area contributed by atoms with E-state index < -0.39 is 11.5 Å². The summed E-state index contributed by atoms with van der Waals surface area (Å²) in [4.78, 5) is 31.2. The molecule has 31 heavy (non-hydrogen) atoms. The average molecular weight is 435 g/mol. The zero-order chi connectivity index (χ0) is 21.8. The van der Waals surface area contributed by atoms with Crippen molar-refractivity contribution in [3.05, 3.63) is 41.6 Å². The number of fused-ring (bicyclic) bond motifs is 1. The molecule has 2 amide bonds. The molecule has 2 aromatic rings. The third-order valence-corrected chi connectivity index (χ3v) is 6.93. The van der Waals surface area contributed by atoms with Crippen molar-refractivity contribution in [2.24, 2.45) is 0 Å². The zero-order valence-electron chi connectivity index (χ0n) is 17.0. The number of nitrogens with one attached hydrogen (secondary N) is 1. The molecule has 8 heteroatoms. The van der Waals surface area contributed by atoms with E-state index in [0.29, 0.717) is 41.3 Å². The highest BCUT2D eigenvalue weighted by molar-refractivity contribution is 7.99. The van der Waals surface area contributed by atoms with Crippen LogP contribution in [0, 0.1) is 23.7 Å². The molecular weight excluding hydrogens is 412 g/mol. The van der Waals surface area contributed by atoms with Crippen LogP contribution >= 0.6 is 11.8 Å². The van der Waals surface area contributed by atoms with E-state index in [-0.39, 0.29) is 18.4 Å². The number of nitriles is 1. The summed E-state index contributed by atoms with van der Waals surface area (Å²) in [7, 11) is 0. The molecule has 0 aliphatic carbocycles. The number of nitrogens with zero attached hydrogens (tertiary/aromatic N) is 3. The van der Waals surface area contributed by atoms with Crippen LogP contribution in [0.4, 0.5) is 0 Å². The summed E-state index contributed by atoms with van der Waals surface area (Å²) in [5.41, 5.74) is 1.66. The maximum Gasteiger partial charge on any atom is 0.252 e. The van der Waals surface area contributed by atoms with Gasteiger partial charge in [-0.05, 0) is 36.6 Å². The highest BCUT2D eigenvalue weighted by Crippen LogP contribution is 2.36. The lowest BCUT2D eigenvalue weighted by molar-refractivity contribution is -0.129. The minimum absolute atomic E-state index is 0.160. The Kier molecular flexibility index (Phi) is 6.13. The predicted molar refractivity (Wildman–Crippen MR) is 118 cm³/mol. The fraction of sp³-hybridized carbons (Fsp3) is 0.391. The van der Waals surface area contributed by atoms with Crippen molar-refractivity contribution in [2.75, 3.05) is 31.4 Å². The van der Waals surface area contributed by atoms with Crippen LogP contribution in [0.1, 0.15) is 28.8 Å². The predicted octanol–water partition coefficient (Wildman–Crippen LogP) is 2.07. The van der Waals surface area contributed by atoms with Crippen molar-refractivity contribution < 1.29 is 14.3 Å². The molecule has 2 aliphatic rings. The molecule has 1 aromatic carbocycles.